The number of piperidine rings is 1. The van der Waals surface area contributed by atoms with Gasteiger partial charge >= 0.3 is 0 Å². The molecular formula is C15H27N3O2. The van der Waals surface area contributed by atoms with E-state index in [9.17, 15) is 9.59 Å². The Morgan fingerprint density at radius 1 is 1.30 bits per heavy atom. The molecule has 0 bridgehead atoms. The molecule has 5 heteroatoms. The summed E-state index contributed by atoms with van der Waals surface area (Å²) in [4.78, 5) is 25.8. The summed E-state index contributed by atoms with van der Waals surface area (Å²) in [5.41, 5.74) is 5.84. The highest BCUT2D eigenvalue weighted by Gasteiger charge is 2.35. The molecule has 3 N–H and O–H groups in total. The average molecular weight is 281 g/mol. The van der Waals surface area contributed by atoms with Crippen molar-refractivity contribution >= 4 is 11.8 Å². The van der Waals surface area contributed by atoms with Crippen LogP contribution in [0.25, 0.3) is 0 Å². The number of likely N-dealkylation sites (tertiary alicyclic amines) is 1. The Morgan fingerprint density at radius 3 is 2.35 bits per heavy atom. The van der Waals surface area contributed by atoms with Crippen molar-refractivity contribution in [2.45, 2.75) is 64.0 Å². The summed E-state index contributed by atoms with van der Waals surface area (Å²) in [5, 5.41) is 3.07. The molecule has 0 radical (unpaired) electrons. The van der Waals surface area contributed by atoms with Crippen LogP contribution in [-0.4, -0.2) is 41.4 Å². The summed E-state index contributed by atoms with van der Waals surface area (Å²) in [5.74, 6) is 0.336. The van der Waals surface area contributed by atoms with Gasteiger partial charge in [-0.05, 0) is 32.1 Å². The first-order valence-electron chi connectivity index (χ1n) is 7.77. The number of carbonyl (C=O) groups is 2. The summed E-state index contributed by atoms with van der Waals surface area (Å²) in [7, 11) is 0. The van der Waals surface area contributed by atoms with Crippen molar-refractivity contribution < 1.29 is 9.59 Å². The second kappa shape index (κ2) is 6.12. The van der Waals surface area contributed by atoms with E-state index in [0.717, 1.165) is 45.2 Å². The molecule has 0 atom stereocenters. The first-order chi connectivity index (χ1) is 9.39. The van der Waals surface area contributed by atoms with Gasteiger partial charge in [0.15, 0.2) is 0 Å². The van der Waals surface area contributed by atoms with E-state index in [1.165, 1.54) is 0 Å². The number of nitrogens with zero attached hydrogens (tertiary/aromatic N) is 1. The van der Waals surface area contributed by atoms with Crippen LogP contribution in [0, 0.1) is 5.92 Å². The number of nitrogens with one attached hydrogen (secondary N) is 1. The number of carbonyl (C=O) groups excluding carboxylic acids is 2. The van der Waals surface area contributed by atoms with Crippen LogP contribution in [0.2, 0.25) is 0 Å². The molecule has 1 aliphatic carbocycles. The van der Waals surface area contributed by atoms with Gasteiger partial charge in [0.2, 0.25) is 11.8 Å². The molecular weight excluding hydrogens is 254 g/mol. The molecule has 0 unspecified atom stereocenters. The summed E-state index contributed by atoms with van der Waals surface area (Å²) >= 11 is 0. The minimum Gasteiger partial charge on any atom is -0.353 e. The van der Waals surface area contributed by atoms with Gasteiger partial charge in [-0.2, -0.15) is 0 Å². The van der Waals surface area contributed by atoms with Crippen molar-refractivity contribution in [3.63, 3.8) is 0 Å². The third-order valence-corrected chi connectivity index (χ3v) is 4.53. The van der Waals surface area contributed by atoms with Gasteiger partial charge in [0.25, 0.3) is 0 Å². The SMILES string of the molecule is CC(C)C(=O)N1CCC(NC(=O)CC2(N)CCC2)CC1. The average Bonchev–Trinajstić information content (AvgIpc) is 2.36. The lowest BCUT2D eigenvalue weighted by Crippen LogP contribution is -2.52. The van der Waals surface area contributed by atoms with Crippen LogP contribution in [-0.2, 0) is 9.59 Å². The lowest BCUT2D eigenvalue weighted by Gasteiger charge is -2.38. The van der Waals surface area contributed by atoms with Crippen molar-refractivity contribution in [1.29, 1.82) is 0 Å². The Bertz CT molecular complexity index is 369. The van der Waals surface area contributed by atoms with E-state index in [0.29, 0.717) is 6.42 Å². The molecule has 2 amide bonds. The Morgan fingerprint density at radius 2 is 1.90 bits per heavy atom. The Labute approximate surface area is 121 Å². The monoisotopic (exact) mass is 281 g/mol. The van der Waals surface area contributed by atoms with E-state index in [4.69, 9.17) is 5.73 Å². The van der Waals surface area contributed by atoms with Gasteiger partial charge in [0, 0.05) is 37.0 Å². The molecule has 0 spiro atoms. The molecule has 5 nitrogen and oxygen atoms in total. The lowest BCUT2D eigenvalue weighted by atomic mass is 9.75. The molecule has 2 fully saturated rings. The normalized spacial score (nSPS) is 22.5. The Kier molecular flexibility index (Phi) is 4.68. The minimum absolute atomic E-state index is 0.0526. The molecule has 2 aliphatic rings. The highest BCUT2D eigenvalue weighted by molar-refractivity contribution is 5.79. The van der Waals surface area contributed by atoms with Crippen LogP contribution < -0.4 is 11.1 Å². The largest absolute Gasteiger partial charge is 0.353 e. The summed E-state index contributed by atoms with van der Waals surface area (Å²) in [6.45, 7) is 5.34. The molecule has 0 aromatic rings. The van der Waals surface area contributed by atoms with Crippen LogP contribution in [0.3, 0.4) is 0 Å². The number of nitrogens with two attached hydrogens (primary N) is 1. The van der Waals surface area contributed by atoms with Crippen LogP contribution >= 0.6 is 0 Å². The third kappa shape index (κ3) is 3.72. The second-order valence-electron chi connectivity index (χ2n) is 6.71. The number of hydrogen-bond acceptors (Lipinski definition) is 3. The van der Waals surface area contributed by atoms with Crippen LogP contribution in [0.15, 0.2) is 0 Å². The van der Waals surface area contributed by atoms with E-state index in [2.05, 4.69) is 5.32 Å². The number of rotatable bonds is 4. The molecule has 1 aliphatic heterocycles. The molecule has 0 aromatic carbocycles. The molecule has 20 heavy (non-hydrogen) atoms. The highest BCUT2D eigenvalue weighted by Crippen LogP contribution is 2.32. The quantitative estimate of drug-likeness (QED) is 0.808. The van der Waals surface area contributed by atoms with Gasteiger partial charge in [-0.3, -0.25) is 9.59 Å². The second-order valence-corrected chi connectivity index (χ2v) is 6.71. The zero-order valence-corrected chi connectivity index (χ0v) is 12.7. The molecule has 114 valence electrons. The standard InChI is InChI=1S/C15H27N3O2/c1-11(2)14(20)18-8-4-12(5-9-18)17-13(19)10-15(16)6-3-7-15/h11-12H,3-10,16H2,1-2H3,(H,17,19). The van der Waals surface area contributed by atoms with Crippen molar-refractivity contribution in [2.75, 3.05) is 13.1 Å². The smallest absolute Gasteiger partial charge is 0.225 e. The fourth-order valence-electron chi connectivity index (χ4n) is 3.02. The van der Waals surface area contributed by atoms with Crippen molar-refractivity contribution in [1.82, 2.24) is 10.2 Å². The van der Waals surface area contributed by atoms with Crippen molar-refractivity contribution in [3.8, 4) is 0 Å². The van der Waals surface area contributed by atoms with Gasteiger partial charge in [-0.1, -0.05) is 13.8 Å². The fraction of sp³-hybridized carbons (Fsp3) is 0.867. The predicted octanol–water partition coefficient (Wildman–Crippen LogP) is 1.02. The van der Waals surface area contributed by atoms with E-state index in [1.807, 2.05) is 18.7 Å². The first kappa shape index (κ1) is 15.3. The third-order valence-electron chi connectivity index (χ3n) is 4.53. The van der Waals surface area contributed by atoms with Gasteiger partial charge in [-0.15, -0.1) is 0 Å². The number of hydrogen-bond donors (Lipinski definition) is 2. The van der Waals surface area contributed by atoms with Gasteiger partial charge in [-0.25, -0.2) is 0 Å². The van der Waals surface area contributed by atoms with E-state index in [-0.39, 0.29) is 29.3 Å². The lowest BCUT2D eigenvalue weighted by molar-refractivity contribution is -0.135. The topological polar surface area (TPSA) is 75.4 Å². The van der Waals surface area contributed by atoms with Crippen LogP contribution in [0.1, 0.15) is 52.4 Å². The maximum atomic E-state index is 12.0. The molecule has 1 heterocycles. The van der Waals surface area contributed by atoms with E-state index >= 15 is 0 Å². The van der Waals surface area contributed by atoms with E-state index < -0.39 is 0 Å². The molecule has 1 saturated heterocycles. The van der Waals surface area contributed by atoms with Crippen LogP contribution in [0.5, 0.6) is 0 Å². The molecule has 2 rings (SSSR count). The Hall–Kier alpha value is -1.10. The molecule has 0 aromatic heterocycles. The minimum atomic E-state index is -0.252. The zero-order chi connectivity index (χ0) is 14.8. The maximum absolute atomic E-state index is 12.0. The van der Waals surface area contributed by atoms with Gasteiger partial charge < -0.3 is 16.0 Å². The zero-order valence-electron chi connectivity index (χ0n) is 12.7. The summed E-state index contributed by atoms with van der Waals surface area (Å²) < 4.78 is 0. The van der Waals surface area contributed by atoms with Crippen LogP contribution in [0.4, 0.5) is 0 Å². The van der Waals surface area contributed by atoms with E-state index in [1.54, 1.807) is 0 Å². The van der Waals surface area contributed by atoms with Gasteiger partial charge in [0.1, 0.15) is 0 Å². The maximum Gasteiger partial charge on any atom is 0.225 e. The highest BCUT2D eigenvalue weighted by atomic mass is 16.2. The first-order valence-corrected chi connectivity index (χ1v) is 7.77. The summed E-state index contributed by atoms with van der Waals surface area (Å²) in [6, 6.07) is 0.197. The van der Waals surface area contributed by atoms with Gasteiger partial charge in [0.05, 0.1) is 0 Å². The van der Waals surface area contributed by atoms with Crippen molar-refractivity contribution in [3.05, 3.63) is 0 Å². The Balaban J connectivity index is 1.71. The van der Waals surface area contributed by atoms with Crippen molar-refractivity contribution in [2.24, 2.45) is 11.7 Å². The summed E-state index contributed by atoms with van der Waals surface area (Å²) in [6.07, 6.45) is 5.20. The molecule has 1 saturated carbocycles. The predicted molar refractivity (Wildman–Crippen MR) is 78.0 cm³/mol. The number of amides is 2. The fourth-order valence-corrected chi connectivity index (χ4v) is 3.02.